The van der Waals surface area contributed by atoms with Crippen molar-refractivity contribution in [2.24, 2.45) is 0 Å². The number of hydrogen-bond acceptors (Lipinski definition) is 2. The zero-order valence-electron chi connectivity index (χ0n) is 10.9. The van der Waals surface area contributed by atoms with E-state index in [0.29, 0.717) is 28.7 Å². The lowest BCUT2D eigenvalue weighted by Crippen LogP contribution is -2.55. The number of amides is 2. The fourth-order valence-electron chi connectivity index (χ4n) is 1.99. The standard InChI is InChI=1S/C14H14Cl2N2O2/c1-9-14(20)17-7-8-18(9)12(19)6-5-10-3-2-4-11(15)13(10)16/h2-6,9H,7-8H2,1H3,(H,17,20). The van der Waals surface area contributed by atoms with E-state index < -0.39 is 6.04 Å². The summed E-state index contributed by atoms with van der Waals surface area (Å²) in [6.45, 7) is 2.67. The molecule has 1 aromatic carbocycles. The van der Waals surface area contributed by atoms with Crippen molar-refractivity contribution in [2.45, 2.75) is 13.0 Å². The second-order valence-electron chi connectivity index (χ2n) is 4.48. The first-order valence-electron chi connectivity index (χ1n) is 6.21. The van der Waals surface area contributed by atoms with Gasteiger partial charge in [-0.15, -0.1) is 0 Å². The fraction of sp³-hybridized carbons (Fsp3) is 0.286. The third kappa shape index (κ3) is 3.14. The van der Waals surface area contributed by atoms with E-state index in [0.717, 1.165) is 0 Å². The van der Waals surface area contributed by atoms with E-state index in [1.54, 1.807) is 31.2 Å². The summed E-state index contributed by atoms with van der Waals surface area (Å²) < 4.78 is 0. The molecule has 6 heteroatoms. The Kier molecular flexibility index (Phi) is 4.68. The zero-order valence-corrected chi connectivity index (χ0v) is 12.4. The highest BCUT2D eigenvalue weighted by Gasteiger charge is 2.27. The first-order valence-corrected chi connectivity index (χ1v) is 6.96. The molecule has 1 unspecified atom stereocenters. The zero-order chi connectivity index (χ0) is 14.7. The van der Waals surface area contributed by atoms with Gasteiger partial charge >= 0.3 is 0 Å². The van der Waals surface area contributed by atoms with Crippen LogP contribution in [-0.4, -0.2) is 35.8 Å². The van der Waals surface area contributed by atoms with E-state index in [2.05, 4.69) is 5.32 Å². The fourth-order valence-corrected chi connectivity index (χ4v) is 2.36. The lowest BCUT2D eigenvalue weighted by molar-refractivity contribution is -0.139. The van der Waals surface area contributed by atoms with Crippen molar-refractivity contribution in [3.63, 3.8) is 0 Å². The predicted molar refractivity (Wildman–Crippen MR) is 79.7 cm³/mol. The van der Waals surface area contributed by atoms with Gasteiger partial charge in [-0.3, -0.25) is 9.59 Å². The lowest BCUT2D eigenvalue weighted by atomic mass is 10.1. The maximum atomic E-state index is 12.1. The molecule has 0 aliphatic carbocycles. The third-order valence-electron chi connectivity index (χ3n) is 3.17. The monoisotopic (exact) mass is 312 g/mol. The van der Waals surface area contributed by atoms with Crippen LogP contribution in [0.1, 0.15) is 12.5 Å². The first-order chi connectivity index (χ1) is 9.50. The van der Waals surface area contributed by atoms with Crippen molar-refractivity contribution in [1.29, 1.82) is 0 Å². The van der Waals surface area contributed by atoms with Gasteiger partial charge < -0.3 is 10.2 Å². The molecule has 2 rings (SSSR count). The van der Waals surface area contributed by atoms with Gasteiger partial charge in [0.25, 0.3) is 0 Å². The minimum atomic E-state index is -0.462. The van der Waals surface area contributed by atoms with Crippen LogP contribution in [-0.2, 0) is 9.59 Å². The highest BCUT2D eigenvalue weighted by Crippen LogP contribution is 2.26. The molecular formula is C14H14Cl2N2O2. The van der Waals surface area contributed by atoms with E-state index in [9.17, 15) is 9.59 Å². The summed E-state index contributed by atoms with van der Waals surface area (Å²) in [6, 6.07) is 4.75. The second kappa shape index (κ2) is 6.29. The number of rotatable bonds is 2. The number of carbonyl (C=O) groups excluding carboxylic acids is 2. The molecule has 1 heterocycles. The molecule has 1 aliphatic heterocycles. The van der Waals surface area contributed by atoms with Crippen LogP contribution >= 0.6 is 23.2 Å². The molecule has 0 bridgehead atoms. The topological polar surface area (TPSA) is 49.4 Å². The van der Waals surface area contributed by atoms with E-state index in [1.807, 2.05) is 0 Å². The maximum Gasteiger partial charge on any atom is 0.247 e. The molecule has 106 valence electrons. The summed E-state index contributed by atoms with van der Waals surface area (Å²) in [5.41, 5.74) is 0.668. The van der Waals surface area contributed by atoms with Crippen molar-refractivity contribution in [3.05, 3.63) is 39.9 Å². The van der Waals surface area contributed by atoms with Crippen LogP contribution < -0.4 is 5.32 Å². The normalized spacial score (nSPS) is 19.2. The van der Waals surface area contributed by atoms with Crippen molar-refractivity contribution < 1.29 is 9.59 Å². The van der Waals surface area contributed by atoms with E-state index in [-0.39, 0.29) is 11.8 Å². The summed E-state index contributed by atoms with van der Waals surface area (Å²) in [5, 5.41) is 3.55. The lowest BCUT2D eigenvalue weighted by Gasteiger charge is -2.31. The molecule has 1 aliphatic rings. The first kappa shape index (κ1) is 14.9. The number of carbonyl (C=O) groups is 2. The molecule has 1 N–H and O–H groups in total. The van der Waals surface area contributed by atoms with Crippen molar-refractivity contribution in [3.8, 4) is 0 Å². The highest BCUT2D eigenvalue weighted by atomic mass is 35.5. The number of hydrogen-bond donors (Lipinski definition) is 1. The second-order valence-corrected chi connectivity index (χ2v) is 5.26. The Bertz CT molecular complexity index is 572. The van der Waals surface area contributed by atoms with Gasteiger partial charge in [-0.25, -0.2) is 0 Å². The molecule has 1 atom stereocenters. The quantitative estimate of drug-likeness (QED) is 0.852. The third-order valence-corrected chi connectivity index (χ3v) is 4.00. The van der Waals surface area contributed by atoms with Crippen LogP contribution in [0.4, 0.5) is 0 Å². The highest BCUT2D eigenvalue weighted by molar-refractivity contribution is 6.42. The van der Waals surface area contributed by atoms with Crippen molar-refractivity contribution >= 4 is 41.1 Å². The molecule has 0 spiro atoms. The molecule has 1 saturated heterocycles. The Morgan fingerprint density at radius 2 is 2.20 bits per heavy atom. The summed E-state index contributed by atoms with van der Waals surface area (Å²) in [4.78, 5) is 25.1. The average Bonchev–Trinajstić information content (AvgIpc) is 2.43. The van der Waals surface area contributed by atoms with Crippen LogP contribution in [0.25, 0.3) is 6.08 Å². The van der Waals surface area contributed by atoms with Crippen LogP contribution in [0.5, 0.6) is 0 Å². The SMILES string of the molecule is CC1C(=O)NCCN1C(=O)C=Cc1cccc(Cl)c1Cl. The predicted octanol–water partition coefficient (Wildman–Crippen LogP) is 2.35. The number of benzene rings is 1. The van der Waals surface area contributed by atoms with Gasteiger partial charge in [0.05, 0.1) is 10.0 Å². The van der Waals surface area contributed by atoms with Gasteiger partial charge in [0, 0.05) is 19.2 Å². The van der Waals surface area contributed by atoms with E-state index in [1.165, 1.54) is 11.0 Å². The van der Waals surface area contributed by atoms with Crippen LogP contribution in [0, 0.1) is 0 Å². The number of nitrogens with one attached hydrogen (secondary N) is 1. The van der Waals surface area contributed by atoms with Crippen LogP contribution in [0.3, 0.4) is 0 Å². The van der Waals surface area contributed by atoms with Crippen LogP contribution in [0.15, 0.2) is 24.3 Å². The van der Waals surface area contributed by atoms with Gasteiger partial charge in [0.1, 0.15) is 6.04 Å². The molecule has 1 fully saturated rings. The minimum absolute atomic E-state index is 0.140. The average molecular weight is 313 g/mol. The molecule has 1 aromatic rings. The maximum absolute atomic E-state index is 12.1. The van der Waals surface area contributed by atoms with Gasteiger partial charge in [0.15, 0.2) is 0 Å². The summed E-state index contributed by atoms with van der Waals surface area (Å²) in [5.74, 6) is -0.359. The number of halogens is 2. The number of piperazine rings is 1. The summed E-state index contributed by atoms with van der Waals surface area (Å²) in [7, 11) is 0. The molecule has 2 amide bonds. The summed E-state index contributed by atoms with van der Waals surface area (Å²) in [6.07, 6.45) is 3.02. The van der Waals surface area contributed by atoms with Gasteiger partial charge in [-0.1, -0.05) is 35.3 Å². The molecule has 20 heavy (non-hydrogen) atoms. The smallest absolute Gasteiger partial charge is 0.247 e. The number of nitrogens with zero attached hydrogens (tertiary/aromatic N) is 1. The Balaban J connectivity index is 2.13. The Morgan fingerprint density at radius 3 is 2.95 bits per heavy atom. The Labute approximate surface area is 127 Å². The summed E-state index contributed by atoms with van der Waals surface area (Å²) >= 11 is 11.9. The Morgan fingerprint density at radius 1 is 1.45 bits per heavy atom. The molecule has 0 radical (unpaired) electrons. The van der Waals surface area contributed by atoms with Crippen LogP contribution in [0.2, 0.25) is 10.0 Å². The van der Waals surface area contributed by atoms with Gasteiger partial charge in [-0.2, -0.15) is 0 Å². The molecule has 0 saturated carbocycles. The molecule has 0 aromatic heterocycles. The van der Waals surface area contributed by atoms with E-state index >= 15 is 0 Å². The largest absolute Gasteiger partial charge is 0.353 e. The van der Waals surface area contributed by atoms with E-state index in [4.69, 9.17) is 23.2 Å². The van der Waals surface area contributed by atoms with Gasteiger partial charge in [0.2, 0.25) is 11.8 Å². The van der Waals surface area contributed by atoms with Gasteiger partial charge in [-0.05, 0) is 24.6 Å². The van der Waals surface area contributed by atoms with Crippen molar-refractivity contribution in [1.82, 2.24) is 10.2 Å². The van der Waals surface area contributed by atoms with Crippen molar-refractivity contribution in [2.75, 3.05) is 13.1 Å². The molecule has 4 nitrogen and oxygen atoms in total. The minimum Gasteiger partial charge on any atom is -0.353 e. The molecular weight excluding hydrogens is 299 g/mol. The Hall–Kier alpha value is -1.52.